The van der Waals surface area contributed by atoms with Crippen LogP contribution in [0.25, 0.3) is 0 Å². The van der Waals surface area contributed by atoms with E-state index in [0.29, 0.717) is 0 Å². The van der Waals surface area contributed by atoms with Crippen LogP contribution in [0.1, 0.15) is 54.4 Å². The SMILES string of the molecule is C=CC(C)(C)CC(C)(C)CC(C)(C)O. The monoisotopic (exact) mass is 198 g/mol. The highest BCUT2D eigenvalue weighted by molar-refractivity contribution is 4.93. The minimum Gasteiger partial charge on any atom is -0.390 e. The van der Waals surface area contributed by atoms with Crippen LogP contribution in [-0.2, 0) is 0 Å². The average molecular weight is 198 g/mol. The first-order valence-electron chi connectivity index (χ1n) is 5.33. The summed E-state index contributed by atoms with van der Waals surface area (Å²) in [7, 11) is 0. The van der Waals surface area contributed by atoms with E-state index in [0.717, 1.165) is 12.8 Å². The molecule has 1 nitrogen and oxygen atoms in total. The summed E-state index contributed by atoms with van der Waals surface area (Å²) in [5.41, 5.74) is -0.286. The predicted molar refractivity (Wildman–Crippen MR) is 63.3 cm³/mol. The Hall–Kier alpha value is -0.300. The second-order valence-corrected chi connectivity index (χ2v) is 6.52. The molecule has 0 amide bonds. The molecule has 0 aromatic rings. The van der Waals surface area contributed by atoms with Gasteiger partial charge in [0.1, 0.15) is 0 Å². The smallest absolute Gasteiger partial charge is 0.0596 e. The molecule has 0 saturated heterocycles. The van der Waals surface area contributed by atoms with Gasteiger partial charge in [0.15, 0.2) is 0 Å². The maximum atomic E-state index is 9.80. The molecule has 0 aromatic carbocycles. The lowest BCUT2D eigenvalue weighted by Gasteiger charge is -2.36. The van der Waals surface area contributed by atoms with Gasteiger partial charge < -0.3 is 5.11 Å². The molecule has 0 unspecified atom stereocenters. The number of hydrogen-bond acceptors (Lipinski definition) is 1. The van der Waals surface area contributed by atoms with Crippen molar-refractivity contribution in [2.45, 2.75) is 60.0 Å². The van der Waals surface area contributed by atoms with Crippen molar-refractivity contribution in [2.75, 3.05) is 0 Å². The lowest BCUT2D eigenvalue weighted by molar-refractivity contribution is 0.0214. The van der Waals surface area contributed by atoms with E-state index in [1.54, 1.807) is 0 Å². The third-order valence-corrected chi connectivity index (χ3v) is 2.40. The molecular formula is C13H26O. The van der Waals surface area contributed by atoms with Gasteiger partial charge in [-0.25, -0.2) is 0 Å². The summed E-state index contributed by atoms with van der Waals surface area (Å²) in [5, 5.41) is 9.80. The molecule has 0 spiro atoms. The van der Waals surface area contributed by atoms with Crippen LogP contribution < -0.4 is 0 Å². The average Bonchev–Trinajstić information content (AvgIpc) is 1.78. The van der Waals surface area contributed by atoms with Gasteiger partial charge in [-0.05, 0) is 37.5 Å². The Morgan fingerprint density at radius 3 is 1.71 bits per heavy atom. The van der Waals surface area contributed by atoms with Crippen LogP contribution in [0.15, 0.2) is 12.7 Å². The molecule has 84 valence electrons. The standard InChI is InChI=1S/C13H26O/c1-8-11(2,3)9-12(4,5)10-13(6,7)14/h8,14H,1,9-10H2,2-7H3. The number of hydrogen-bond donors (Lipinski definition) is 1. The Bertz CT molecular complexity index is 194. The first kappa shape index (κ1) is 13.7. The van der Waals surface area contributed by atoms with Gasteiger partial charge in [0.05, 0.1) is 5.60 Å². The summed E-state index contributed by atoms with van der Waals surface area (Å²) >= 11 is 0. The molecule has 0 aliphatic carbocycles. The zero-order chi connectivity index (χ0) is 11.6. The molecule has 0 heterocycles. The molecule has 0 atom stereocenters. The first-order chi connectivity index (χ1) is 5.97. The third-order valence-electron chi connectivity index (χ3n) is 2.40. The van der Waals surface area contributed by atoms with Crippen LogP contribution in [0.4, 0.5) is 0 Å². The fraction of sp³-hybridized carbons (Fsp3) is 0.846. The lowest BCUT2D eigenvalue weighted by atomic mass is 9.70. The second kappa shape index (κ2) is 4.06. The third kappa shape index (κ3) is 6.20. The molecule has 0 radical (unpaired) electrons. The van der Waals surface area contributed by atoms with Crippen LogP contribution in [0.2, 0.25) is 0 Å². The van der Waals surface area contributed by atoms with Gasteiger partial charge in [-0.2, -0.15) is 0 Å². The largest absolute Gasteiger partial charge is 0.390 e. The second-order valence-electron chi connectivity index (χ2n) is 6.52. The zero-order valence-electron chi connectivity index (χ0n) is 10.6. The fourth-order valence-corrected chi connectivity index (χ4v) is 2.54. The van der Waals surface area contributed by atoms with E-state index in [9.17, 15) is 5.11 Å². The molecular weight excluding hydrogens is 172 g/mol. The quantitative estimate of drug-likeness (QED) is 0.667. The molecule has 0 saturated carbocycles. The molecule has 0 aromatic heterocycles. The normalized spacial score (nSPS) is 14.2. The minimum atomic E-state index is -0.583. The predicted octanol–water partition coefficient (Wildman–Crippen LogP) is 3.78. The van der Waals surface area contributed by atoms with Crippen molar-refractivity contribution in [1.82, 2.24) is 0 Å². The van der Waals surface area contributed by atoms with Crippen LogP contribution >= 0.6 is 0 Å². The summed E-state index contributed by atoms with van der Waals surface area (Å²) in [6.07, 6.45) is 3.86. The summed E-state index contributed by atoms with van der Waals surface area (Å²) < 4.78 is 0. The maximum Gasteiger partial charge on any atom is 0.0596 e. The summed E-state index contributed by atoms with van der Waals surface area (Å²) in [6, 6.07) is 0. The number of aliphatic hydroxyl groups is 1. The van der Waals surface area contributed by atoms with Crippen molar-refractivity contribution < 1.29 is 5.11 Å². The van der Waals surface area contributed by atoms with Crippen LogP contribution in [0.5, 0.6) is 0 Å². The fourth-order valence-electron chi connectivity index (χ4n) is 2.54. The van der Waals surface area contributed by atoms with Gasteiger partial charge in [-0.3, -0.25) is 0 Å². The highest BCUT2D eigenvalue weighted by atomic mass is 16.3. The number of rotatable bonds is 5. The van der Waals surface area contributed by atoms with E-state index in [-0.39, 0.29) is 10.8 Å². The molecule has 0 bridgehead atoms. The van der Waals surface area contributed by atoms with E-state index < -0.39 is 5.60 Å². The number of allylic oxidation sites excluding steroid dienone is 1. The topological polar surface area (TPSA) is 20.2 Å². The Morgan fingerprint density at radius 1 is 1.00 bits per heavy atom. The van der Waals surface area contributed by atoms with Gasteiger partial charge in [-0.15, -0.1) is 6.58 Å². The summed E-state index contributed by atoms with van der Waals surface area (Å²) in [6.45, 7) is 16.4. The van der Waals surface area contributed by atoms with E-state index in [2.05, 4.69) is 34.3 Å². The van der Waals surface area contributed by atoms with Crippen molar-refractivity contribution in [3.63, 3.8) is 0 Å². The van der Waals surface area contributed by atoms with Crippen LogP contribution in [-0.4, -0.2) is 10.7 Å². The van der Waals surface area contributed by atoms with Crippen molar-refractivity contribution in [2.24, 2.45) is 10.8 Å². The molecule has 1 heteroatoms. The van der Waals surface area contributed by atoms with Gasteiger partial charge in [0.25, 0.3) is 0 Å². The van der Waals surface area contributed by atoms with Gasteiger partial charge >= 0.3 is 0 Å². The van der Waals surface area contributed by atoms with Crippen molar-refractivity contribution >= 4 is 0 Å². The molecule has 0 aliphatic rings. The Balaban J connectivity index is 4.42. The Kier molecular flexibility index (Phi) is 3.97. The van der Waals surface area contributed by atoms with E-state index in [4.69, 9.17) is 0 Å². The van der Waals surface area contributed by atoms with Crippen molar-refractivity contribution in [3.8, 4) is 0 Å². The summed E-state index contributed by atoms with van der Waals surface area (Å²) in [5.74, 6) is 0. The lowest BCUT2D eigenvalue weighted by Crippen LogP contribution is -2.31. The zero-order valence-corrected chi connectivity index (χ0v) is 10.6. The Morgan fingerprint density at radius 2 is 1.43 bits per heavy atom. The van der Waals surface area contributed by atoms with Crippen LogP contribution in [0, 0.1) is 10.8 Å². The molecule has 0 rings (SSSR count). The van der Waals surface area contributed by atoms with E-state index >= 15 is 0 Å². The van der Waals surface area contributed by atoms with Gasteiger partial charge in [0, 0.05) is 0 Å². The highest BCUT2D eigenvalue weighted by Gasteiger charge is 2.31. The highest BCUT2D eigenvalue weighted by Crippen LogP contribution is 2.39. The van der Waals surface area contributed by atoms with Gasteiger partial charge in [-0.1, -0.05) is 33.8 Å². The van der Waals surface area contributed by atoms with Crippen molar-refractivity contribution in [1.29, 1.82) is 0 Å². The Labute approximate surface area is 89.2 Å². The minimum absolute atomic E-state index is 0.148. The maximum absolute atomic E-state index is 9.80. The summed E-state index contributed by atoms with van der Waals surface area (Å²) in [4.78, 5) is 0. The molecule has 1 N–H and O–H groups in total. The van der Waals surface area contributed by atoms with Gasteiger partial charge in [0.2, 0.25) is 0 Å². The molecule has 0 fully saturated rings. The first-order valence-corrected chi connectivity index (χ1v) is 5.33. The molecule has 14 heavy (non-hydrogen) atoms. The molecule has 0 aliphatic heterocycles. The van der Waals surface area contributed by atoms with Crippen molar-refractivity contribution in [3.05, 3.63) is 12.7 Å². The van der Waals surface area contributed by atoms with Crippen LogP contribution in [0.3, 0.4) is 0 Å². The van der Waals surface area contributed by atoms with E-state index in [1.165, 1.54) is 0 Å². The van der Waals surface area contributed by atoms with E-state index in [1.807, 2.05) is 19.9 Å².